The lowest BCUT2D eigenvalue weighted by Crippen LogP contribution is -2.42. The molecule has 0 saturated carbocycles. The van der Waals surface area contributed by atoms with E-state index in [4.69, 9.17) is 9.53 Å². The van der Waals surface area contributed by atoms with E-state index in [1.54, 1.807) is 0 Å². The predicted octanol–water partition coefficient (Wildman–Crippen LogP) is 5.23. The van der Waals surface area contributed by atoms with Gasteiger partial charge in [0.15, 0.2) is 8.32 Å². The van der Waals surface area contributed by atoms with Crippen molar-refractivity contribution in [3.05, 3.63) is 12.2 Å². The van der Waals surface area contributed by atoms with Crippen molar-refractivity contribution >= 4 is 14.3 Å². The van der Waals surface area contributed by atoms with Crippen LogP contribution in [0.25, 0.3) is 0 Å². The molecule has 0 aromatic carbocycles. The van der Waals surface area contributed by atoms with Crippen molar-refractivity contribution in [3.8, 4) is 0 Å². The van der Waals surface area contributed by atoms with Crippen LogP contribution in [-0.4, -0.2) is 25.5 Å². The first-order valence-electron chi connectivity index (χ1n) is 8.34. The Bertz CT molecular complexity index is 316. The van der Waals surface area contributed by atoms with Crippen molar-refractivity contribution in [2.75, 3.05) is 0 Å². The Morgan fingerprint density at radius 1 is 1.24 bits per heavy atom. The van der Waals surface area contributed by atoms with Gasteiger partial charge < -0.3 is 9.53 Å². The van der Waals surface area contributed by atoms with E-state index >= 15 is 0 Å². The summed E-state index contributed by atoms with van der Waals surface area (Å²) in [5, 5.41) is 8.84. The van der Waals surface area contributed by atoms with Crippen LogP contribution in [0.1, 0.15) is 60.3 Å². The van der Waals surface area contributed by atoms with E-state index < -0.39 is 14.3 Å². The van der Waals surface area contributed by atoms with Gasteiger partial charge in [-0.15, -0.1) is 6.58 Å². The minimum absolute atomic E-state index is 0.174. The lowest BCUT2D eigenvalue weighted by Gasteiger charge is -2.36. The van der Waals surface area contributed by atoms with Gasteiger partial charge in [0.05, 0.1) is 0 Å². The molecule has 0 spiro atoms. The normalized spacial score (nSPS) is 14.7. The summed E-state index contributed by atoms with van der Waals surface area (Å²) in [6, 6.07) is 3.40. The average molecular weight is 315 g/mol. The van der Waals surface area contributed by atoms with Crippen LogP contribution in [0, 0.1) is 5.92 Å². The summed E-state index contributed by atoms with van der Waals surface area (Å²) in [6.45, 7) is 15.0. The molecule has 3 nitrogen and oxygen atoms in total. The van der Waals surface area contributed by atoms with Gasteiger partial charge in [-0.25, -0.2) is 0 Å². The first kappa shape index (κ1) is 20.4. The van der Waals surface area contributed by atoms with Gasteiger partial charge in [-0.1, -0.05) is 33.3 Å². The van der Waals surface area contributed by atoms with Gasteiger partial charge in [0.2, 0.25) is 0 Å². The molecule has 0 fully saturated rings. The van der Waals surface area contributed by atoms with Gasteiger partial charge in [-0.3, -0.25) is 4.79 Å². The van der Waals surface area contributed by atoms with Gasteiger partial charge in [0.1, 0.15) is 0 Å². The van der Waals surface area contributed by atoms with Gasteiger partial charge in [-0.2, -0.15) is 0 Å². The number of carboxylic acids is 1. The second-order valence-electron chi connectivity index (χ2n) is 6.32. The van der Waals surface area contributed by atoms with Gasteiger partial charge in [0.25, 0.3) is 0 Å². The molecule has 4 heteroatoms. The Morgan fingerprint density at radius 3 is 2.14 bits per heavy atom. The third kappa shape index (κ3) is 7.81. The fourth-order valence-electron chi connectivity index (χ4n) is 2.92. The molecule has 0 rings (SSSR count). The quantitative estimate of drug-likeness (QED) is 0.396. The van der Waals surface area contributed by atoms with Crippen molar-refractivity contribution < 1.29 is 14.3 Å². The predicted molar refractivity (Wildman–Crippen MR) is 92.2 cm³/mol. The van der Waals surface area contributed by atoms with Crippen molar-refractivity contribution in [1.82, 2.24) is 0 Å². The third-order valence-electron chi connectivity index (χ3n) is 4.52. The maximum atomic E-state index is 10.7. The Balaban J connectivity index is 4.84. The summed E-state index contributed by atoms with van der Waals surface area (Å²) in [6.07, 6.45) is 2.91. The van der Waals surface area contributed by atoms with Gasteiger partial charge in [-0.05, 0) is 50.2 Å². The number of hydrogen-bond acceptors (Lipinski definition) is 2. The summed E-state index contributed by atoms with van der Waals surface area (Å²) in [5.41, 5.74) is 1.17. The molecule has 0 saturated heterocycles. The number of carboxylic acid groups (broad SMARTS) is 1. The summed E-state index contributed by atoms with van der Waals surface area (Å²) < 4.78 is 6.64. The van der Waals surface area contributed by atoms with E-state index in [0.717, 1.165) is 31.0 Å². The molecule has 0 radical (unpaired) electrons. The van der Waals surface area contributed by atoms with Crippen molar-refractivity contribution in [3.63, 3.8) is 0 Å². The topological polar surface area (TPSA) is 46.5 Å². The molecule has 124 valence electrons. The maximum Gasteiger partial charge on any atom is 0.303 e. The van der Waals surface area contributed by atoms with Crippen molar-refractivity contribution in [2.45, 2.75) is 84.5 Å². The SMILES string of the molecule is C=C(C)C[C@H](C)[C@H](CCCC(=O)O)O[Si](CC)(CC)CC. The van der Waals surface area contributed by atoms with E-state index in [1.165, 1.54) is 5.57 Å². The highest BCUT2D eigenvalue weighted by Gasteiger charge is 2.33. The molecule has 2 atom stereocenters. The molecular formula is C17H34O3Si. The highest BCUT2D eigenvalue weighted by Crippen LogP contribution is 2.29. The summed E-state index contributed by atoms with van der Waals surface area (Å²) in [4.78, 5) is 10.7. The van der Waals surface area contributed by atoms with E-state index in [1.807, 2.05) is 0 Å². The highest BCUT2D eigenvalue weighted by molar-refractivity contribution is 6.73. The zero-order valence-corrected chi connectivity index (χ0v) is 15.6. The van der Waals surface area contributed by atoms with E-state index in [-0.39, 0.29) is 12.5 Å². The number of hydrogen-bond donors (Lipinski definition) is 1. The van der Waals surface area contributed by atoms with Gasteiger partial charge in [0, 0.05) is 12.5 Å². The summed E-state index contributed by atoms with van der Waals surface area (Å²) in [7, 11) is -1.65. The lowest BCUT2D eigenvalue weighted by molar-refractivity contribution is -0.137. The zero-order valence-electron chi connectivity index (χ0n) is 14.6. The van der Waals surface area contributed by atoms with Crippen LogP contribution in [0.15, 0.2) is 12.2 Å². The van der Waals surface area contributed by atoms with Crippen LogP contribution in [-0.2, 0) is 9.22 Å². The first-order chi connectivity index (χ1) is 9.80. The molecule has 0 aliphatic rings. The molecule has 0 aliphatic carbocycles. The Hall–Kier alpha value is -0.613. The van der Waals surface area contributed by atoms with E-state index in [0.29, 0.717) is 12.3 Å². The van der Waals surface area contributed by atoms with Crippen LogP contribution in [0.3, 0.4) is 0 Å². The van der Waals surface area contributed by atoms with Crippen LogP contribution in [0.4, 0.5) is 0 Å². The largest absolute Gasteiger partial charge is 0.481 e. The monoisotopic (exact) mass is 314 g/mol. The van der Waals surface area contributed by atoms with Crippen LogP contribution in [0.5, 0.6) is 0 Å². The second-order valence-corrected chi connectivity index (χ2v) is 11.0. The standard InChI is InChI=1S/C17H34O3Si/c1-7-21(8-2,9-3)20-16(11-10-12-17(18)19)15(6)13-14(4)5/h15-16H,4,7-13H2,1-3,5-6H3,(H,18,19)/t15-,16-/m0/s1. The van der Waals surface area contributed by atoms with E-state index in [9.17, 15) is 4.79 Å². The molecule has 0 amide bonds. The number of rotatable bonds is 12. The Labute approximate surface area is 131 Å². The molecule has 21 heavy (non-hydrogen) atoms. The van der Waals surface area contributed by atoms with Crippen molar-refractivity contribution in [2.24, 2.45) is 5.92 Å². The van der Waals surface area contributed by atoms with E-state index in [2.05, 4.69) is 41.2 Å². The van der Waals surface area contributed by atoms with Crippen LogP contribution >= 0.6 is 0 Å². The Kier molecular flexibility index (Phi) is 9.87. The molecular weight excluding hydrogens is 280 g/mol. The zero-order chi connectivity index (χ0) is 16.5. The second kappa shape index (κ2) is 10.2. The molecule has 1 N–H and O–H groups in total. The maximum absolute atomic E-state index is 10.7. The number of allylic oxidation sites excluding steroid dienone is 1. The molecule has 0 unspecified atom stereocenters. The minimum Gasteiger partial charge on any atom is -0.481 e. The van der Waals surface area contributed by atoms with Crippen LogP contribution in [0.2, 0.25) is 18.1 Å². The number of aliphatic carboxylic acids is 1. The van der Waals surface area contributed by atoms with Crippen molar-refractivity contribution in [1.29, 1.82) is 0 Å². The Morgan fingerprint density at radius 2 is 1.76 bits per heavy atom. The summed E-state index contributed by atoms with van der Waals surface area (Å²) >= 11 is 0. The fraction of sp³-hybridized carbons (Fsp3) is 0.824. The minimum atomic E-state index is -1.65. The fourth-order valence-corrected chi connectivity index (χ4v) is 5.91. The summed E-state index contributed by atoms with van der Waals surface area (Å²) in [5.74, 6) is -0.306. The molecule has 0 aromatic heterocycles. The average Bonchev–Trinajstić information content (AvgIpc) is 2.42. The smallest absolute Gasteiger partial charge is 0.303 e. The molecule has 0 aromatic rings. The first-order valence-corrected chi connectivity index (χ1v) is 10.9. The van der Waals surface area contributed by atoms with Crippen LogP contribution < -0.4 is 0 Å². The van der Waals surface area contributed by atoms with Gasteiger partial charge >= 0.3 is 5.97 Å². The molecule has 0 heterocycles. The lowest BCUT2D eigenvalue weighted by atomic mass is 9.94. The molecule has 0 bridgehead atoms. The third-order valence-corrected chi connectivity index (χ3v) is 9.19. The number of carbonyl (C=O) groups is 1. The highest BCUT2D eigenvalue weighted by atomic mass is 28.4. The molecule has 0 aliphatic heterocycles.